The highest BCUT2D eigenvalue weighted by molar-refractivity contribution is 5.79. The van der Waals surface area contributed by atoms with Crippen molar-refractivity contribution in [3.8, 4) is 0 Å². The van der Waals surface area contributed by atoms with Gasteiger partial charge < -0.3 is 11.1 Å². The number of amides is 1. The van der Waals surface area contributed by atoms with Gasteiger partial charge in [-0.3, -0.25) is 9.48 Å². The van der Waals surface area contributed by atoms with Gasteiger partial charge in [-0.1, -0.05) is 30.3 Å². The summed E-state index contributed by atoms with van der Waals surface area (Å²) in [6, 6.07) is 11.9. The van der Waals surface area contributed by atoms with Crippen LogP contribution in [0.3, 0.4) is 0 Å². The van der Waals surface area contributed by atoms with Gasteiger partial charge in [0.15, 0.2) is 0 Å². The number of nitrogens with zero attached hydrogens (tertiary/aromatic N) is 2. The summed E-state index contributed by atoms with van der Waals surface area (Å²) in [6.07, 6.45) is 5.21. The van der Waals surface area contributed by atoms with E-state index in [-0.39, 0.29) is 11.8 Å². The molecule has 0 aliphatic carbocycles. The molecular formula is C16H22N4O. The second-order valence-corrected chi connectivity index (χ2v) is 5.04. The van der Waals surface area contributed by atoms with E-state index in [1.54, 1.807) is 6.20 Å². The number of carbonyl (C=O) groups excluding carboxylic acids is 1. The zero-order chi connectivity index (χ0) is 14.9. The largest absolute Gasteiger partial charge is 0.356 e. The van der Waals surface area contributed by atoms with Crippen LogP contribution in [0.25, 0.3) is 0 Å². The normalized spacial score (nSPS) is 12.0. The molecule has 5 nitrogen and oxygen atoms in total. The summed E-state index contributed by atoms with van der Waals surface area (Å²) in [5, 5.41) is 7.08. The number of hydrogen-bond acceptors (Lipinski definition) is 3. The Morgan fingerprint density at radius 1 is 1.29 bits per heavy atom. The minimum absolute atomic E-state index is 0.0295. The molecule has 1 aromatic carbocycles. The van der Waals surface area contributed by atoms with Gasteiger partial charge in [0.1, 0.15) is 0 Å². The summed E-state index contributed by atoms with van der Waals surface area (Å²) in [7, 11) is 0. The van der Waals surface area contributed by atoms with Gasteiger partial charge in [-0.15, -0.1) is 0 Å². The molecule has 0 radical (unpaired) electrons. The van der Waals surface area contributed by atoms with E-state index in [2.05, 4.69) is 10.4 Å². The number of nitrogens with two attached hydrogens (primary N) is 1. The average molecular weight is 286 g/mol. The SMILES string of the molecule is NCC(Cc1ccccc1)C(=O)NCCCn1cccn1. The van der Waals surface area contributed by atoms with Gasteiger partial charge in [-0.2, -0.15) is 5.10 Å². The van der Waals surface area contributed by atoms with Crippen LogP contribution in [0.4, 0.5) is 0 Å². The number of aryl methyl sites for hydroxylation is 1. The Labute approximate surface area is 125 Å². The van der Waals surface area contributed by atoms with Gasteiger partial charge >= 0.3 is 0 Å². The molecule has 1 unspecified atom stereocenters. The number of aromatic nitrogens is 2. The fraction of sp³-hybridized carbons (Fsp3) is 0.375. The van der Waals surface area contributed by atoms with E-state index < -0.39 is 0 Å². The molecule has 0 aliphatic rings. The smallest absolute Gasteiger partial charge is 0.224 e. The van der Waals surface area contributed by atoms with Crippen molar-refractivity contribution in [1.82, 2.24) is 15.1 Å². The number of benzene rings is 1. The fourth-order valence-corrected chi connectivity index (χ4v) is 2.21. The Morgan fingerprint density at radius 3 is 2.76 bits per heavy atom. The molecule has 1 aromatic heterocycles. The first-order valence-corrected chi connectivity index (χ1v) is 7.28. The fourth-order valence-electron chi connectivity index (χ4n) is 2.21. The molecule has 1 atom stereocenters. The van der Waals surface area contributed by atoms with Gasteiger partial charge in [0.25, 0.3) is 0 Å². The summed E-state index contributed by atoms with van der Waals surface area (Å²) >= 11 is 0. The minimum atomic E-state index is -0.169. The molecular weight excluding hydrogens is 264 g/mol. The monoisotopic (exact) mass is 286 g/mol. The van der Waals surface area contributed by atoms with E-state index in [1.165, 1.54) is 0 Å². The molecule has 3 N–H and O–H groups in total. The molecule has 0 fully saturated rings. The highest BCUT2D eigenvalue weighted by Gasteiger charge is 2.16. The van der Waals surface area contributed by atoms with Crippen LogP contribution in [0.15, 0.2) is 48.8 Å². The molecule has 1 heterocycles. The Balaban J connectivity index is 1.72. The van der Waals surface area contributed by atoms with E-state index in [1.807, 2.05) is 47.3 Å². The van der Waals surface area contributed by atoms with Gasteiger partial charge in [-0.05, 0) is 24.5 Å². The van der Waals surface area contributed by atoms with E-state index in [9.17, 15) is 4.79 Å². The van der Waals surface area contributed by atoms with Crippen molar-refractivity contribution in [1.29, 1.82) is 0 Å². The molecule has 0 aliphatic heterocycles. The van der Waals surface area contributed by atoms with E-state index in [0.29, 0.717) is 19.5 Å². The van der Waals surface area contributed by atoms with E-state index >= 15 is 0 Å². The molecule has 112 valence electrons. The van der Waals surface area contributed by atoms with Crippen LogP contribution in [0, 0.1) is 5.92 Å². The second-order valence-electron chi connectivity index (χ2n) is 5.04. The topological polar surface area (TPSA) is 72.9 Å². The van der Waals surface area contributed by atoms with Crippen LogP contribution in [0.5, 0.6) is 0 Å². The van der Waals surface area contributed by atoms with Gasteiger partial charge in [0, 0.05) is 32.0 Å². The average Bonchev–Trinajstić information content (AvgIpc) is 3.03. The summed E-state index contributed by atoms with van der Waals surface area (Å²) in [5.74, 6) is -0.140. The van der Waals surface area contributed by atoms with Crippen LogP contribution in [0.2, 0.25) is 0 Å². The lowest BCUT2D eigenvalue weighted by molar-refractivity contribution is -0.124. The Bertz CT molecular complexity index is 524. The quantitative estimate of drug-likeness (QED) is 0.716. The van der Waals surface area contributed by atoms with Crippen molar-refractivity contribution in [3.63, 3.8) is 0 Å². The van der Waals surface area contributed by atoms with Crippen molar-refractivity contribution in [2.45, 2.75) is 19.4 Å². The highest BCUT2D eigenvalue weighted by Crippen LogP contribution is 2.08. The maximum Gasteiger partial charge on any atom is 0.224 e. The standard InChI is InChI=1S/C16H22N4O/c17-13-15(12-14-6-2-1-3-7-14)16(21)18-8-4-10-20-11-5-9-19-20/h1-3,5-7,9,11,15H,4,8,10,12-13,17H2,(H,18,21). The lowest BCUT2D eigenvalue weighted by atomic mass is 9.98. The zero-order valence-corrected chi connectivity index (χ0v) is 12.1. The van der Waals surface area contributed by atoms with Crippen LogP contribution in [0.1, 0.15) is 12.0 Å². The molecule has 0 bridgehead atoms. The molecule has 2 rings (SSSR count). The van der Waals surface area contributed by atoms with Crippen molar-refractivity contribution in [2.24, 2.45) is 11.7 Å². The molecule has 5 heteroatoms. The lowest BCUT2D eigenvalue weighted by Crippen LogP contribution is -2.37. The van der Waals surface area contributed by atoms with Crippen molar-refractivity contribution >= 4 is 5.91 Å². The van der Waals surface area contributed by atoms with Crippen LogP contribution in [-0.4, -0.2) is 28.8 Å². The van der Waals surface area contributed by atoms with Crippen molar-refractivity contribution in [3.05, 3.63) is 54.4 Å². The van der Waals surface area contributed by atoms with Crippen molar-refractivity contribution in [2.75, 3.05) is 13.1 Å². The molecule has 21 heavy (non-hydrogen) atoms. The number of rotatable bonds is 8. The molecule has 0 saturated heterocycles. The predicted molar refractivity (Wildman–Crippen MR) is 82.5 cm³/mol. The number of nitrogens with one attached hydrogen (secondary N) is 1. The predicted octanol–water partition coefficient (Wildman–Crippen LogP) is 1.21. The minimum Gasteiger partial charge on any atom is -0.356 e. The summed E-state index contributed by atoms with van der Waals surface area (Å²) in [6.45, 7) is 1.81. The maximum absolute atomic E-state index is 12.1. The highest BCUT2D eigenvalue weighted by atomic mass is 16.1. The van der Waals surface area contributed by atoms with Crippen LogP contribution in [-0.2, 0) is 17.8 Å². The molecule has 0 spiro atoms. The van der Waals surface area contributed by atoms with Gasteiger partial charge in [-0.25, -0.2) is 0 Å². The number of carbonyl (C=O) groups is 1. The van der Waals surface area contributed by atoms with Gasteiger partial charge in [0.2, 0.25) is 5.91 Å². The summed E-state index contributed by atoms with van der Waals surface area (Å²) < 4.78 is 1.86. The first-order chi connectivity index (χ1) is 10.3. The van der Waals surface area contributed by atoms with Crippen LogP contribution >= 0.6 is 0 Å². The third-order valence-corrected chi connectivity index (χ3v) is 3.40. The molecule has 0 saturated carbocycles. The first kappa shape index (κ1) is 15.3. The Morgan fingerprint density at radius 2 is 2.10 bits per heavy atom. The summed E-state index contributed by atoms with van der Waals surface area (Å²) in [4.78, 5) is 12.1. The zero-order valence-electron chi connectivity index (χ0n) is 12.1. The van der Waals surface area contributed by atoms with E-state index in [0.717, 1.165) is 18.5 Å². The van der Waals surface area contributed by atoms with Crippen LogP contribution < -0.4 is 11.1 Å². The third kappa shape index (κ3) is 5.04. The molecule has 1 amide bonds. The molecule has 2 aromatic rings. The summed E-state index contributed by atoms with van der Waals surface area (Å²) in [5.41, 5.74) is 6.87. The first-order valence-electron chi connectivity index (χ1n) is 7.28. The Hall–Kier alpha value is -2.14. The van der Waals surface area contributed by atoms with Gasteiger partial charge in [0.05, 0.1) is 5.92 Å². The number of hydrogen-bond donors (Lipinski definition) is 2. The maximum atomic E-state index is 12.1. The van der Waals surface area contributed by atoms with Crippen molar-refractivity contribution < 1.29 is 4.79 Å². The lowest BCUT2D eigenvalue weighted by Gasteiger charge is -2.15. The van der Waals surface area contributed by atoms with E-state index in [4.69, 9.17) is 5.73 Å². The third-order valence-electron chi connectivity index (χ3n) is 3.40. The second kappa shape index (κ2) is 8.21. The Kier molecular flexibility index (Phi) is 5.97.